The quantitative estimate of drug-likeness (QED) is 0.857. The van der Waals surface area contributed by atoms with Crippen molar-refractivity contribution in [1.29, 1.82) is 0 Å². The molecule has 0 saturated carbocycles. The molecule has 0 aliphatic rings. The van der Waals surface area contributed by atoms with Crippen molar-refractivity contribution in [1.82, 2.24) is 0 Å². The Morgan fingerprint density at radius 2 is 1.75 bits per heavy atom. The minimum Gasteiger partial charge on any atom is -0.456 e. The van der Waals surface area contributed by atoms with Crippen LogP contribution in [-0.2, 0) is 12.0 Å². The van der Waals surface area contributed by atoms with Gasteiger partial charge in [-0.05, 0) is 45.1 Å². The topological polar surface area (TPSA) is 35.2 Å². The molecular weight excluding hydrogens is 314 g/mol. The van der Waals surface area contributed by atoms with Gasteiger partial charge in [0.1, 0.15) is 11.5 Å². The summed E-state index contributed by atoms with van der Waals surface area (Å²) in [7, 11) is 0. The molecule has 106 valence electrons. The molecule has 0 heterocycles. The first-order valence-corrected chi connectivity index (χ1v) is 7.47. The second-order valence-electron chi connectivity index (χ2n) is 5.82. The van der Waals surface area contributed by atoms with E-state index in [1.807, 2.05) is 36.4 Å². The predicted molar refractivity (Wildman–Crippen MR) is 87.2 cm³/mol. The van der Waals surface area contributed by atoms with E-state index in [0.717, 1.165) is 21.5 Å². The third-order valence-corrected chi connectivity index (χ3v) is 3.77. The van der Waals surface area contributed by atoms with Crippen molar-refractivity contribution in [3.8, 4) is 11.5 Å². The zero-order chi connectivity index (χ0) is 14.8. The van der Waals surface area contributed by atoms with Gasteiger partial charge in [0, 0.05) is 12.1 Å². The fraction of sp³-hybridized carbons (Fsp3) is 0.294. The lowest BCUT2D eigenvalue weighted by atomic mass is 9.86. The summed E-state index contributed by atoms with van der Waals surface area (Å²) in [6, 6.07) is 14.1. The minimum atomic E-state index is 0.0419. The van der Waals surface area contributed by atoms with Gasteiger partial charge in [-0.25, -0.2) is 0 Å². The normalized spacial score (nSPS) is 11.4. The van der Waals surface area contributed by atoms with E-state index in [9.17, 15) is 0 Å². The van der Waals surface area contributed by atoms with Crippen LogP contribution < -0.4 is 10.5 Å². The van der Waals surface area contributed by atoms with Gasteiger partial charge in [-0.1, -0.05) is 45.0 Å². The number of hydrogen-bond acceptors (Lipinski definition) is 2. The van der Waals surface area contributed by atoms with Crippen molar-refractivity contribution in [2.75, 3.05) is 0 Å². The standard InChI is InChI=1S/C17H20BrNO/c1-17(2,3)13-6-4-5-7-15(13)20-16-9-8-12(11-19)10-14(16)18/h4-10H,11,19H2,1-3H3. The SMILES string of the molecule is CC(C)(C)c1ccccc1Oc1ccc(CN)cc1Br. The third kappa shape index (κ3) is 3.41. The lowest BCUT2D eigenvalue weighted by molar-refractivity contribution is 0.453. The highest BCUT2D eigenvalue weighted by Gasteiger charge is 2.19. The number of benzene rings is 2. The van der Waals surface area contributed by atoms with Gasteiger partial charge in [-0.3, -0.25) is 0 Å². The zero-order valence-electron chi connectivity index (χ0n) is 12.1. The molecule has 2 aromatic carbocycles. The summed E-state index contributed by atoms with van der Waals surface area (Å²) in [5.41, 5.74) is 7.95. The molecule has 0 fully saturated rings. The van der Waals surface area contributed by atoms with Crippen LogP contribution >= 0.6 is 15.9 Å². The molecule has 0 saturated heterocycles. The van der Waals surface area contributed by atoms with Gasteiger partial charge >= 0.3 is 0 Å². The lowest BCUT2D eigenvalue weighted by Gasteiger charge is -2.22. The van der Waals surface area contributed by atoms with Crippen molar-refractivity contribution < 1.29 is 4.74 Å². The fourth-order valence-corrected chi connectivity index (χ4v) is 2.55. The molecule has 0 aliphatic heterocycles. The maximum absolute atomic E-state index is 6.08. The van der Waals surface area contributed by atoms with Crippen LogP contribution in [0.3, 0.4) is 0 Å². The third-order valence-electron chi connectivity index (χ3n) is 3.15. The average Bonchev–Trinajstić information content (AvgIpc) is 2.40. The monoisotopic (exact) mass is 333 g/mol. The Morgan fingerprint density at radius 3 is 2.35 bits per heavy atom. The van der Waals surface area contributed by atoms with E-state index in [2.05, 4.69) is 42.8 Å². The molecule has 2 rings (SSSR count). The van der Waals surface area contributed by atoms with Crippen LogP contribution in [0.4, 0.5) is 0 Å². The highest BCUT2D eigenvalue weighted by atomic mass is 79.9. The van der Waals surface area contributed by atoms with E-state index < -0.39 is 0 Å². The lowest BCUT2D eigenvalue weighted by Crippen LogP contribution is -2.12. The van der Waals surface area contributed by atoms with E-state index in [4.69, 9.17) is 10.5 Å². The number of halogens is 1. The summed E-state index contributed by atoms with van der Waals surface area (Å²) in [5.74, 6) is 1.69. The molecule has 0 spiro atoms. The van der Waals surface area contributed by atoms with Crippen LogP contribution in [0.2, 0.25) is 0 Å². The number of rotatable bonds is 3. The molecule has 0 amide bonds. The first-order valence-electron chi connectivity index (χ1n) is 6.67. The highest BCUT2D eigenvalue weighted by Crippen LogP contribution is 2.36. The largest absolute Gasteiger partial charge is 0.456 e. The van der Waals surface area contributed by atoms with Gasteiger partial charge in [0.25, 0.3) is 0 Å². The summed E-state index contributed by atoms with van der Waals surface area (Å²) < 4.78 is 7.00. The van der Waals surface area contributed by atoms with Crippen LogP contribution in [0.1, 0.15) is 31.9 Å². The van der Waals surface area contributed by atoms with Crippen LogP contribution in [0.25, 0.3) is 0 Å². The number of nitrogens with two attached hydrogens (primary N) is 1. The molecule has 0 aliphatic carbocycles. The Kier molecular flexibility index (Phi) is 4.51. The number of hydrogen-bond donors (Lipinski definition) is 1. The fourth-order valence-electron chi connectivity index (χ4n) is 2.05. The van der Waals surface area contributed by atoms with Gasteiger partial charge < -0.3 is 10.5 Å². The van der Waals surface area contributed by atoms with E-state index in [-0.39, 0.29) is 5.41 Å². The Labute approximate surface area is 129 Å². The minimum absolute atomic E-state index is 0.0419. The van der Waals surface area contributed by atoms with Gasteiger partial charge in [-0.15, -0.1) is 0 Å². The molecule has 0 bridgehead atoms. The number of ether oxygens (including phenoxy) is 1. The highest BCUT2D eigenvalue weighted by molar-refractivity contribution is 9.10. The Hall–Kier alpha value is -1.32. The van der Waals surface area contributed by atoms with E-state index >= 15 is 0 Å². The maximum atomic E-state index is 6.08. The molecule has 0 aromatic heterocycles. The average molecular weight is 334 g/mol. The zero-order valence-corrected chi connectivity index (χ0v) is 13.7. The summed E-state index contributed by atoms with van der Waals surface area (Å²) in [5, 5.41) is 0. The molecule has 3 heteroatoms. The van der Waals surface area contributed by atoms with Crippen LogP contribution in [0, 0.1) is 0 Å². The second kappa shape index (κ2) is 5.98. The Bertz CT molecular complexity index is 602. The van der Waals surface area contributed by atoms with Crippen molar-refractivity contribution >= 4 is 15.9 Å². The smallest absolute Gasteiger partial charge is 0.141 e. The molecule has 2 nitrogen and oxygen atoms in total. The predicted octanol–water partition coefficient (Wildman–Crippen LogP) is 5.00. The second-order valence-corrected chi connectivity index (χ2v) is 6.67. The maximum Gasteiger partial charge on any atom is 0.141 e. The summed E-state index contributed by atoms with van der Waals surface area (Å²) >= 11 is 3.54. The first kappa shape index (κ1) is 15.1. The molecule has 2 aromatic rings. The Morgan fingerprint density at radius 1 is 1.05 bits per heavy atom. The summed E-state index contributed by atoms with van der Waals surface area (Å²) in [4.78, 5) is 0. The van der Waals surface area contributed by atoms with Gasteiger partial charge in [0.2, 0.25) is 0 Å². The van der Waals surface area contributed by atoms with Gasteiger partial charge in [-0.2, -0.15) is 0 Å². The van der Waals surface area contributed by atoms with Crippen LogP contribution in [-0.4, -0.2) is 0 Å². The molecule has 0 atom stereocenters. The van der Waals surface area contributed by atoms with Crippen LogP contribution in [0.5, 0.6) is 11.5 Å². The summed E-state index contributed by atoms with van der Waals surface area (Å²) in [6.07, 6.45) is 0. The molecule has 0 radical (unpaired) electrons. The van der Waals surface area contributed by atoms with Crippen molar-refractivity contribution in [2.45, 2.75) is 32.7 Å². The summed E-state index contributed by atoms with van der Waals surface area (Å²) in [6.45, 7) is 7.07. The van der Waals surface area contributed by atoms with Crippen molar-refractivity contribution in [3.05, 3.63) is 58.1 Å². The van der Waals surface area contributed by atoms with E-state index in [1.165, 1.54) is 5.56 Å². The first-order chi connectivity index (χ1) is 9.41. The number of para-hydroxylation sites is 1. The van der Waals surface area contributed by atoms with Crippen molar-refractivity contribution in [2.24, 2.45) is 5.73 Å². The van der Waals surface area contributed by atoms with E-state index in [1.54, 1.807) is 0 Å². The molecule has 20 heavy (non-hydrogen) atoms. The molecule has 0 unspecified atom stereocenters. The van der Waals surface area contributed by atoms with Crippen LogP contribution in [0.15, 0.2) is 46.9 Å². The molecular formula is C17H20BrNO. The van der Waals surface area contributed by atoms with E-state index in [0.29, 0.717) is 6.54 Å². The van der Waals surface area contributed by atoms with Gasteiger partial charge in [0.05, 0.1) is 4.47 Å². The van der Waals surface area contributed by atoms with Crippen molar-refractivity contribution in [3.63, 3.8) is 0 Å². The van der Waals surface area contributed by atoms with Gasteiger partial charge in [0.15, 0.2) is 0 Å². The molecule has 2 N–H and O–H groups in total. The Balaban J connectivity index is 2.36.